The maximum Gasteiger partial charge on any atom is 0.387 e. The lowest BCUT2D eigenvalue weighted by Gasteiger charge is -2.34. The van der Waals surface area contributed by atoms with Gasteiger partial charge in [-0.1, -0.05) is 0 Å². The number of amides is 1. The molecule has 0 aliphatic carbocycles. The number of rotatable bonds is 4. The van der Waals surface area contributed by atoms with Crippen LogP contribution in [0, 0.1) is 5.92 Å². The lowest BCUT2D eigenvalue weighted by molar-refractivity contribution is -0.129. The molecule has 1 amide bonds. The molecule has 2 bridgehead atoms. The van der Waals surface area contributed by atoms with Crippen molar-refractivity contribution in [3.8, 4) is 5.75 Å². The number of benzene rings is 1. The minimum absolute atomic E-state index is 0.0380. The fourth-order valence-electron chi connectivity index (χ4n) is 3.52. The number of carbonyl (C=O) groups excluding carboxylic acids is 1. The molecule has 2 atom stereocenters. The highest BCUT2D eigenvalue weighted by molar-refractivity contribution is 7.89. The normalized spacial score (nSPS) is 24.4. The van der Waals surface area contributed by atoms with E-state index in [1.807, 2.05) is 0 Å². The van der Waals surface area contributed by atoms with Gasteiger partial charge in [0.2, 0.25) is 15.9 Å². The van der Waals surface area contributed by atoms with Gasteiger partial charge in [0.15, 0.2) is 0 Å². The van der Waals surface area contributed by atoms with Crippen molar-refractivity contribution in [3.63, 3.8) is 0 Å². The Morgan fingerprint density at radius 3 is 2.44 bits per heavy atom. The minimum Gasteiger partial charge on any atom is -0.435 e. The van der Waals surface area contributed by atoms with E-state index in [0.29, 0.717) is 26.1 Å². The molecular formula is C16H20F2N2O4S. The highest BCUT2D eigenvalue weighted by Gasteiger charge is 2.41. The summed E-state index contributed by atoms with van der Waals surface area (Å²) in [5.41, 5.74) is 0. The molecule has 3 saturated heterocycles. The van der Waals surface area contributed by atoms with E-state index in [1.54, 1.807) is 4.90 Å². The molecule has 0 radical (unpaired) electrons. The average molecular weight is 374 g/mol. The molecule has 4 rings (SSSR count). The molecule has 25 heavy (non-hydrogen) atoms. The Kier molecular flexibility index (Phi) is 4.97. The number of carbonyl (C=O) groups is 1. The van der Waals surface area contributed by atoms with Crippen molar-refractivity contribution in [3.05, 3.63) is 24.3 Å². The van der Waals surface area contributed by atoms with Gasteiger partial charge in [-0.3, -0.25) is 4.79 Å². The maximum absolute atomic E-state index is 13.0. The second-order valence-electron chi connectivity index (χ2n) is 6.45. The molecule has 3 heterocycles. The third-order valence-electron chi connectivity index (χ3n) is 4.76. The molecule has 1 aromatic carbocycles. The first kappa shape index (κ1) is 18.1. The molecule has 3 aliphatic heterocycles. The van der Waals surface area contributed by atoms with Crippen LogP contribution in [0.2, 0.25) is 0 Å². The van der Waals surface area contributed by atoms with Crippen LogP contribution in [0.5, 0.6) is 5.75 Å². The van der Waals surface area contributed by atoms with Gasteiger partial charge in [-0.05, 0) is 43.0 Å². The highest BCUT2D eigenvalue weighted by atomic mass is 32.2. The van der Waals surface area contributed by atoms with Gasteiger partial charge < -0.3 is 9.64 Å². The zero-order valence-electron chi connectivity index (χ0n) is 13.8. The summed E-state index contributed by atoms with van der Waals surface area (Å²) in [6.45, 7) is -0.144. The first-order chi connectivity index (χ1) is 11.8. The standard InChI is InChI=1S/C16H20F2N2O4S/c1-11(21)19-8-12-2-3-13(10-19)20(9-12)25(22,23)15-6-4-14(5-7-15)24-16(17)18/h4-7,12-13,16H,2-3,8-10H2,1H3. The molecular weight excluding hydrogens is 354 g/mol. The smallest absolute Gasteiger partial charge is 0.387 e. The van der Waals surface area contributed by atoms with Crippen molar-refractivity contribution in [2.24, 2.45) is 5.92 Å². The molecule has 2 unspecified atom stereocenters. The lowest BCUT2D eigenvalue weighted by Crippen LogP contribution is -2.47. The predicted octanol–water partition coefficient (Wildman–Crippen LogP) is 1.92. The topological polar surface area (TPSA) is 66.9 Å². The van der Waals surface area contributed by atoms with Crippen molar-refractivity contribution >= 4 is 15.9 Å². The van der Waals surface area contributed by atoms with Gasteiger partial charge in [-0.25, -0.2) is 8.42 Å². The van der Waals surface area contributed by atoms with Crippen molar-refractivity contribution in [2.45, 2.75) is 37.3 Å². The van der Waals surface area contributed by atoms with E-state index in [2.05, 4.69) is 4.74 Å². The number of sulfonamides is 1. The quantitative estimate of drug-likeness (QED) is 0.808. The molecule has 0 saturated carbocycles. The van der Waals surface area contributed by atoms with Crippen LogP contribution in [0.4, 0.5) is 8.78 Å². The summed E-state index contributed by atoms with van der Waals surface area (Å²) < 4.78 is 56.1. The summed E-state index contributed by atoms with van der Waals surface area (Å²) in [6, 6.07) is 4.72. The third kappa shape index (κ3) is 3.77. The van der Waals surface area contributed by atoms with E-state index in [1.165, 1.54) is 35.5 Å². The second-order valence-corrected chi connectivity index (χ2v) is 8.34. The Labute approximate surface area is 145 Å². The summed E-state index contributed by atoms with van der Waals surface area (Å²) in [4.78, 5) is 13.4. The Morgan fingerprint density at radius 2 is 1.84 bits per heavy atom. The largest absolute Gasteiger partial charge is 0.435 e. The second kappa shape index (κ2) is 6.87. The van der Waals surface area contributed by atoms with Crippen molar-refractivity contribution in [1.82, 2.24) is 9.21 Å². The van der Waals surface area contributed by atoms with Crippen LogP contribution < -0.4 is 4.74 Å². The number of piperidine rings is 1. The summed E-state index contributed by atoms with van der Waals surface area (Å²) in [7, 11) is -3.76. The zero-order valence-corrected chi connectivity index (χ0v) is 14.6. The number of hydrogen-bond donors (Lipinski definition) is 0. The summed E-state index contributed by atoms with van der Waals surface area (Å²) >= 11 is 0. The zero-order chi connectivity index (χ0) is 18.2. The first-order valence-corrected chi connectivity index (χ1v) is 9.53. The number of nitrogens with zero attached hydrogens (tertiary/aromatic N) is 2. The molecule has 3 aliphatic rings. The number of fused-ring (bicyclic) bond motifs is 4. The van der Waals surface area contributed by atoms with Crippen LogP contribution >= 0.6 is 0 Å². The summed E-state index contributed by atoms with van der Waals surface area (Å²) in [5, 5.41) is 0. The van der Waals surface area contributed by atoms with Crippen molar-refractivity contribution < 1.29 is 26.7 Å². The van der Waals surface area contributed by atoms with Crippen LogP contribution in [0.3, 0.4) is 0 Å². The van der Waals surface area contributed by atoms with E-state index >= 15 is 0 Å². The van der Waals surface area contributed by atoms with E-state index in [-0.39, 0.29) is 28.5 Å². The van der Waals surface area contributed by atoms with Gasteiger partial charge in [0.1, 0.15) is 5.75 Å². The molecule has 1 aromatic rings. The van der Waals surface area contributed by atoms with Gasteiger partial charge in [0.05, 0.1) is 4.90 Å². The fraction of sp³-hybridized carbons (Fsp3) is 0.562. The van der Waals surface area contributed by atoms with Crippen LogP contribution in [-0.2, 0) is 14.8 Å². The predicted molar refractivity (Wildman–Crippen MR) is 85.7 cm³/mol. The average Bonchev–Trinajstić information content (AvgIpc) is 2.87. The molecule has 9 heteroatoms. The number of ether oxygens (including phenoxy) is 1. The first-order valence-electron chi connectivity index (χ1n) is 8.09. The number of alkyl halides is 2. The van der Waals surface area contributed by atoms with Gasteiger partial charge >= 0.3 is 6.61 Å². The Balaban J connectivity index is 1.83. The number of halogens is 2. The maximum atomic E-state index is 13.0. The monoisotopic (exact) mass is 374 g/mol. The molecule has 138 valence electrons. The van der Waals surface area contributed by atoms with Crippen LogP contribution in [0.15, 0.2) is 29.2 Å². The van der Waals surface area contributed by atoms with E-state index < -0.39 is 16.6 Å². The van der Waals surface area contributed by atoms with Crippen LogP contribution in [0.25, 0.3) is 0 Å². The van der Waals surface area contributed by atoms with Crippen molar-refractivity contribution in [1.29, 1.82) is 0 Å². The molecule has 6 nitrogen and oxygen atoms in total. The van der Waals surface area contributed by atoms with Gasteiger partial charge in [-0.2, -0.15) is 13.1 Å². The molecule has 3 fully saturated rings. The van der Waals surface area contributed by atoms with Crippen molar-refractivity contribution in [2.75, 3.05) is 19.6 Å². The van der Waals surface area contributed by atoms with Gasteiger partial charge in [-0.15, -0.1) is 0 Å². The molecule has 0 spiro atoms. The molecule has 0 N–H and O–H groups in total. The lowest BCUT2D eigenvalue weighted by atomic mass is 9.97. The Morgan fingerprint density at radius 1 is 1.16 bits per heavy atom. The van der Waals surface area contributed by atoms with Gasteiger partial charge in [0, 0.05) is 32.6 Å². The minimum atomic E-state index is -3.76. The molecule has 0 aromatic heterocycles. The SMILES string of the molecule is CC(=O)N1CC2CCC(C1)N(S(=O)(=O)c1ccc(OC(F)F)cc1)C2. The van der Waals surface area contributed by atoms with E-state index in [0.717, 1.165) is 6.42 Å². The summed E-state index contributed by atoms with van der Waals surface area (Å²) in [5.74, 6) is -0.0300. The fourth-order valence-corrected chi connectivity index (χ4v) is 5.24. The highest BCUT2D eigenvalue weighted by Crippen LogP contribution is 2.33. The summed E-state index contributed by atoms with van der Waals surface area (Å²) in [6.07, 6.45) is 1.60. The van der Waals surface area contributed by atoms with Gasteiger partial charge in [0.25, 0.3) is 0 Å². The van der Waals surface area contributed by atoms with E-state index in [4.69, 9.17) is 0 Å². The van der Waals surface area contributed by atoms with E-state index in [9.17, 15) is 22.0 Å². The van der Waals surface area contributed by atoms with Crippen LogP contribution in [0.1, 0.15) is 19.8 Å². The Hall–Kier alpha value is -1.74. The third-order valence-corrected chi connectivity index (χ3v) is 6.70. The van der Waals surface area contributed by atoms with Crippen LogP contribution in [-0.4, -0.2) is 55.8 Å². The number of hydrogen-bond acceptors (Lipinski definition) is 4. The Bertz CT molecular complexity index is 739.